The highest BCUT2D eigenvalue weighted by molar-refractivity contribution is 8.00. The van der Waals surface area contributed by atoms with E-state index in [0.717, 1.165) is 4.90 Å². The first-order chi connectivity index (χ1) is 12.9. The van der Waals surface area contributed by atoms with E-state index in [1.165, 1.54) is 38.3 Å². The van der Waals surface area contributed by atoms with Gasteiger partial charge in [-0.2, -0.15) is 0 Å². The van der Waals surface area contributed by atoms with Crippen molar-refractivity contribution in [3.05, 3.63) is 52.0 Å². The van der Waals surface area contributed by atoms with Crippen LogP contribution in [-0.4, -0.2) is 44.6 Å². The van der Waals surface area contributed by atoms with Gasteiger partial charge in [-0.05, 0) is 42.3 Å². The molecule has 2 aromatic carbocycles. The van der Waals surface area contributed by atoms with Crippen LogP contribution in [0.5, 0.6) is 5.75 Å². The third-order valence-corrected chi connectivity index (χ3v) is 4.56. The van der Waals surface area contributed by atoms with E-state index in [1.807, 2.05) is 0 Å². The number of anilines is 1. The number of rotatable bonds is 9. The van der Waals surface area contributed by atoms with Crippen LogP contribution in [0.4, 0.5) is 5.69 Å². The Labute approximate surface area is 171 Å². The molecule has 0 aliphatic heterocycles. The molecule has 0 unspecified atom stereocenters. The Morgan fingerprint density at radius 1 is 1.11 bits per heavy atom. The molecule has 0 bridgehead atoms. The molecule has 0 spiro atoms. The lowest BCUT2D eigenvalue weighted by Crippen LogP contribution is -2.27. The first-order valence-electron chi connectivity index (χ1n) is 7.83. The van der Waals surface area contributed by atoms with Crippen molar-refractivity contribution in [2.45, 2.75) is 11.0 Å². The van der Waals surface area contributed by atoms with E-state index in [1.54, 1.807) is 24.3 Å². The number of esters is 1. The first kappa shape index (κ1) is 21.7. The second-order valence-electron chi connectivity index (χ2n) is 5.48. The van der Waals surface area contributed by atoms with Crippen LogP contribution < -0.4 is 4.72 Å². The van der Waals surface area contributed by atoms with Crippen molar-refractivity contribution in [1.82, 2.24) is 0 Å². The third-order valence-electron chi connectivity index (χ3n) is 3.32. The van der Waals surface area contributed by atoms with Crippen LogP contribution in [0.1, 0.15) is 10.4 Å². The number of carbonyl (C=O) groups excluding carboxylic acids is 1. The summed E-state index contributed by atoms with van der Waals surface area (Å²) in [7, 11) is 3.00. The highest BCUT2D eigenvalue weighted by atomic mass is 35.5. The van der Waals surface area contributed by atoms with Crippen LogP contribution in [-0.2, 0) is 14.2 Å². The van der Waals surface area contributed by atoms with Crippen LogP contribution in [0.15, 0.2) is 41.3 Å². The van der Waals surface area contributed by atoms with Crippen molar-refractivity contribution in [3.8, 4) is 5.75 Å². The Hall–Kier alpha value is -1.64. The summed E-state index contributed by atoms with van der Waals surface area (Å²) < 4.78 is 18.3. The van der Waals surface area contributed by atoms with Gasteiger partial charge in [0.25, 0.3) is 0 Å². The van der Waals surface area contributed by atoms with E-state index in [4.69, 9.17) is 37.4 Å². The molecule has 0 aromatic heterocycles. The van der Waals surface area contributed by atoms with E-state index in [0.29, 0.717) is 15.7 Å². The fourth-order valence-electron chi connectivity index (χ4n) is 2.18. The molecular weight excluding hydrogens is 413 g/mol. The Kier molecular flexibility index (Phi) is 8.53. The van der Waals surface area contributed by atoms with Gasteiger partial charge in [0, 0.05) is 40.9 Å². The summed E-state index contributed by atoms with van der Waals surface area (Å²) in [5, 5.41) is 11.2. The molecule has 27 heavy (non-hydrogen) atoms. The van der Waals surface area contributed by atoms with Gasteiger partial charge in [-0.15, -0.1) is 0 Å². The quantitative estimate of drug-likeness (QED) is 0.442. The number of hydrogen-bond donors (Lipinski definition) is 2. The first-order valence-corrected chi connectivity index (χ1v) is 9.41. The van der Waals surface area contributed by atoms with E-state index in [2.05, 4.69) is 4.72 Å². The van der Waals surface area contributed by atoms with Gasteiger partial charge in [0.05, 0.1) is 13.2 Å². The molecule has 146 valence electrons. The van der Waals surface area contributed by atoms with E-state index in [9.17, 15) is 9.90 Å². The van der Waals surface area contributed by atoms with Gasteiger partial charge in [-0.3, -0.25) is 0 Å². The van der Waals surface area contributed by atoms with Crippen molar-refractivity contribution in [2.75, 3.05) is 32.2 Å². The van der Waals surface area contributed by atoms with Crippen LogP contribution in [0.25, 0.3) is 0 Å². The molecule has 0 saturated heterocycles. The van der Waals surface area contributed by atoms with Gasteiger partial charge < -0.3 is 24.0 Å². The summed E-state index contributed by atoms with van der Waals surface area (Å²) in [6.07, 6.45) is -0.562. The van der Waals surface area contributed by atoms with E-state index < -0.39 is 12.1 Å². The zero-order valence-electron chi connectivity index (χ0n) is 14.7. The molecule has 0 amide bonds. The van der Waals surface area contributed by atoms with Gasteiger partial charge >= 0.3 is 5.97 Å². The van der Waals surface area contributed by atoms with Crippen molar-refractivity contribution >= 4 is 46.8 Å². The number of ether oxygens (including phenoxy) is 3. The molecule has 0 aliphatic carbocycles. The monoisotopic (exact) mass is 431 g/mol. The third kappa shape index (κ3) is 6.79. The Bertz CT molecular complexity index is 764. The lowest BCUT2D eigenvalue weighted by Gasteiger charge is -2.16. The average molecular weight is 432 g/mol. The Morgan fingerprint density at radius 3 is 2.30 bits per heavy atom. The maximum Gasteiger partial charge on any atom is 0.342 e. The van der Waals surface area contributed by atoms with E-state index >= 15 is 0 Å². The number of phenolic OH excluding ortho intramolecular Hbond substituents is 1. The van der Waals surface area contributed by atoms with E-state index in [-0.39, 0.29) is 24.5 Å². The summed E-state index contributed by atoms with van der Waals surface area (Å²) in [5.74, 6) is -0.865. The molecule has 0 aliphatic rings. The standard InChI is InChI=1S/C18H19Cl2NO5S/c1-24-9-14(10-25-2)26-18(23)16-4-3-13(8-17(16)22)21-27-15-6-11(19)5-12(20)7-15/h3-8,14,21-22H,9-10H2,1-2H3. The lowest BCUT2D eigenvalue weighted by molar-refractivity contribution is -0.0225. The average Bonchev–Trinajstić information content (AvgIpc) is 2.59. The molecule has 6 nitrogen and oxygen atoms in total. The van der Waals surface area contributed by atoms with Gasteiger partial charge in [0.2, 0.25) is 0 Å². The number of phenols is 1. The highest BCUT2D eigenvalue weighted by Gasteiger charge is 2.19. The zero-order chi connectivity index (χ0) is 19.8. The lowest BCUT2D eigenvalue weighted by atomic mass is 10.2. The number of hydrogen-bond acceptors (Lipinski definition) is 7. The number of nitrogens with one attached hydrogen (secondary N) is 1. The number of carbonyl (C=O) groups is 1. The number of halogens is 2. The molecule has 0 radical (unpaired) electrons. The largest absolute Gasteiger partial charge is 0.507 e. The second kappa shape index (κ2) is 10.6. The van der Waals surface area contributed by atoms with Crippen LogP contribution >= 0.6 is 35.1 Å². The second-order valence-corrected chi connectivity index (χ2v) is 7.23. The minimum atomic E-state index is -0.660. The number of aromatic hydroxyl groups is 1. The Morgan fingerprint density at radius 2 is 1.74 bits per heavy atom. The SMILES string of the molecule is COCC(COC)OC(=O)c1ccc(NSc2cc(Cl)cc(Cl)c2)cc1O. The topological polar surface area (TPSA) is 77.0 Å². The fraction of sp³-hybridized carbons (Fsp3) is 0.278. The molecule has 2 N–H and O–H groups in total. The van der Waals surface area contributed by atoms with Crippen LogP contribution in [0.3, 0.4) is 0 Å². The van der Waals surface area contributed by atoms with Gasteiger partial charge in [-0.1, -0.05) is 23.2 Å². The summed E-state index contributed by atoms with van der Waals surface area (Å²) in [6, 6.07) is 9.70. The van der Waals surface area contributed by atoms with Crippen LogP contribution in [0.2, 0.25) is 10.0 Å². The summed E-state index contributed by atoms with van der Waals surface area (Å²) in [5.41, 5.74) is 0.643. The van der Waals surface area contributed by atoms with Crippen molar-refractivity contribution in [2.24, 2.45) is 0 Å². The maximum absolute atomic E-state index is 12.2. The smallest absolute Gasteiger partial charge is 0.342 e. The molecule has 0 fully saturated rings. The summed E-state index contributed by atoms with van der Waals surface area (Å²) >= 11 is 13.2. The normalized spacial score (nSPS) is 10.9. The Balaban J connectivity index is 2.02. The predicted octanol–water partition coefficient (Wildman–Crippen LogP) is 4.64. The summed E-state index contributed by atoms with van der Waals surface area (Å²) in [4.78, 5) is 13.0. The molecule has 9 heteroatoms. The van der Waals surface area contributed by atoms with Crippen molar-refractivity contribution in [1.29, 1.82) is 0 Å². The molecular formula is C18H19Cl2NO5S. The van der Waals surface area contributed by atoms with Gasteiger partial charge in [-0.25, -0.2) is 4.79 Å². The predicted molar refractivity (Wildman–Crippen MR) is 107 cm³/mol. The minimum absolute atomic E-state index is 0.0496. The van der Waals surface area contributed by atoms with Crippen LogP contribution in [0, 0.1) is 0 Å². The molecule has 0 saturated carbocycles. The molecule has 2 rings (SSSR count). The fourth-order valence-corrected chi connectivity index (χ4v) is 3.57. The molecule has 2 aromatic rings. The number of methoxy groups -OCH3 is 2. The minimum Gasteiger partial charge on any atom is -0.507 e. The molecule has 0 atom stereocenters. The molecule has 0 heterocycles. The van der Waals surface area contributed by atoms with Gasteiger partial charge in [0.15, 0.2) is 0 Å². The zero-order valence-corrected chi connectivity index (χ0v) is 17.0. The van der Waals surface area contributed by atoms with Crippen molar-refractivity contribution < 1.29 is 24.1 Å². The highest BCUT2D eigenvalue weighted by Crippen LogP contribution is 2.30. The number of benzene rings is 2. The van der Waals surface area contributed by atoms with Crippen molar-refractivity contribution in [3.63, 3.8) is 0 Å². The summed E-state index contributed by atoms with van der Waals surface area (Å²) in [6.45, 7) is 0.387. The maximum atomic E-state index is 12.2. The van der Waals surface area contributed by atoms with Gasteiger partial charge in [0.1, 0.15) is 17.4 Å².